The van der Waals surface area contributed by atoms with E-state index >= 15 is 0 Å². The first-order valence-corrected chi connectivity index (χ1v) is 7.44. The van der Waals surface area contributed by atoms with E-state index in [4.69, 9.17) is 5.11 Å². The summed E-state index contributed by atoms with van der Waals surface area (Å²) < 4.78 is 0. The third-order valence-electron chi connectivity index (χ3n) is 3.79. The lowest BCUT2D eigenvalue weighted by molar-refractivity contribution is -0.137. The molecule has 0 bridgehead atoms. The lowest BCUT2D eigenvalue weighted by Crippen LogP contribution is -2.37. The molecule has 1 amide bonds. The van der Waals surface area contributed by atoms with E-state index < -0.39 is 5.97 Å². The summed E-state index contributed by atoms with van der Waals surface area (Å²) in [6.07, 6.45) is 1.92. The summed E-state index contributed by atoms with van der Waals surface area (Å²) in [5.74, 6) is -0.784. The number of anilines is 1. The molecule has 2 rings (SSSR count). The minimum atomic E-state index is -0.873. The standard InChI is InChI=1S/C16H22N2O3/c1-2-5-12(9-16(20)21)18-15(19)8-11-10-17-14-7-4-3-6-13(11)14/h3-4,6-7,11-12,17H,2,5,8-10H2,1H3,(H,18,19)(H,20,21). The highest BCUT2D eigenvalue weighted by molar-refractivity contribution is 5.79. The van der Waals surface area contributed by atoms with Crippen molar-refractivity contribution >= 4 is 17.6 Å². The number of fused-ring (bicyclic) bond motifs is 1. The molecule has 114 valence electrons. The number of carbonyl (C=O) groups excluding carboxylic acids is 1. The Balaban J connectivity index is 1.91. The Morgan fingerprint density at radius 2 is 2.19 bits per heavy atom. The summed E-state index contributed by atoms with van der Waals surface area (Å²) in [6.45, 7) is 2.74. The van der Waals surface area contributed by atoms with Gasteiger partial charge in [0.2, 0.25) is 5.91 Å². The van der Waals surface area contributed by atoms with Gasteiger partial charge in [-0.05, 0) is 18.1 Å². The van der Waals surface area contributed by atoms with Crippen molar-refractivity contribution in [2.75, 3.05) is 11.9 Å². The molecule has 1 aromatic rings. The van der Waals surface area contributed by atoms with Crippen molar-refractivity contribution in [3.05, 3.63) is 29.8 Å². The summed E-state index contributed by atoms with van der Waals surface area (Å²) in [6, 6.07) is 7.72. The van der Waals surface area contributed by atoms with Crippen molar-refractivity contribution in [2.24, 2.45) is 0 Å². The van der Waals surface area contributed by atoms with Crippen LogP contribution in [0, 0.1) is 0 Å². The van der Waals surface area contributed by atoms with E-state index in [1.807, 2.05) is 31.2 Å². The van der Waals surface area contributed by atoms with Crippen molar-refractivity contribution in [3.63, 3.8) is 0 Å². The highest BCUT2D eigenvalue weighted by Gasteiger charge is 2.25. The second-order valence-corrected chi connectivity index (χ2v) is 5.52. The molecular weight excluding hydrogens is 268 g/mol. The molecule has 0 fully saturated rings. The molecule has 0 radical (unpaired) electrons. The third-order valence-corrected chi connectivity index (χ3v) is 3.79. The second-order valence-electron chi connectivity index (χ2n) is 5.52. The first-order chi connectivity index (χ1) is 10.1. The number of hydrogen-bond acceptors (Lipinski definition) is 3. The Hall–Kier alpha value is -2.04. The molecule has 5 heteroatoms. The zero-order chi connectivity index (χ0) is 15.2. The monoisotopic (exact) mass is 290 g/mol. The smallest absolute Gasteiger partial charge is 0.305 e. The zero-order valence-corrected chi connectivity index (χ0v) is 12.3. The van der Waals surface area contributed by atoms with Crippen LogP contribution in [0.15, 0.2) is 24.3 Å². The quantitative estimate of drug-likeness (QED) is 0.720. The van der Waals surface area contributed by atoms with Crippen LogP contribution in [0.3, 0.4) is 0 Å². The van der Waals surface area contributed by atoms with Crippen LogP contribution in [0.1, 0.15) is 44.1 Å². The van der Waals surface area contributed by atoms with E-state index in [1.54, 1.807) is 0 Å². The predicted molar refractivity (Wildman–Crippen MR) is 81.4 cm³/mol. The van der Waals surface area contributed by atoms with E-state index in [0.29, 0.717) is 12.8 Å². The van der Waals surface area contributed by atoms with Crippen LogP contribution in [-0.4, -0.2) is 29.6 Å². The number of hydrogen-bond donors (Lipinski definition) is 3. The highest BCUT2D eigenvalue weighted by Crippen LogP contribution is 2.33. The number of para-hydroxylation sites is 1. The number of aliphatic carboxylic acids is 1. The molecule has 3 N–H and O–H groups in total. The van der Waals surface area contributed by atoms with Gasteiger partial charge < -0.3 is 15.7 Å². The molecule has 2 unspecified atom stereocenters. The van der Waals surface area contributed by atoms with Crippen LogP contribution in [0.25, 0.3) is 0 Å². The summed E-state index contributed by atoms with van der Waals surface area (Å²) in [5.41, 5.74) is 2.25. The third kappa shape index (κ3) is 4.21. The average Bonchev–Trinajstić information content (AvgIpc) is 2.82. The van der Waals surface area contributed by atoms with Gasteiger partial charge in [0, 0.05) is 30.6 Å². The summed E-state index contributed by atoms with van der Waals surface area (Å²) in [4.78, 5) is 23.0. The first-order valence-electron chi connectivity index (χ1n) is 7.44. The molecule has 0 saturated carbocycles. The number of rotatable bonds is 7. The molecule has 0 spiro atoms. The number of nitrogens with one attached hydrogen (secondary N) is 2. The normalized spacial score (nSPS) is 17.7. The summed E-state index contributed by atoms with van der Waals surface area (Å²) in [5, 5.41) is 15.0. The fourth-order valence-electron chi connectivity index (χ4n) is 2.83. The molecule has 21 heavy (non-hydrogen) atoms. The van der Waals surface area contributed by atoms with Gasteiger partial charge in [0.05, 0.1) is 6.42 Å². The van der Waals surface area contributed by atoms with E-state index in [1.165, 1.54) is 0 Å². The number of carbonyl (C=O) groups is 2. The SMILES string of the molecule is CCCC(CC(=O)O)NC(=O)CC1CNc2ccccc21. The minimum Gasteiger partial charge on any atom is -0.481 e. The Morgan fingerprint density at radius 1 is 1.43 bits per heavy atom. The van der Waals surface area contributed by atoms with Crippen LogP contribution in [-0.2, 0) is 9.59 Å². The van der Waals surface area contributed by atoms with Gasteiger partial charge in [-0.3, -0.25) is 9.59 Å². The molecule has 0 saturated heterocycles. The molecular formula is C16H22N2O3. The number of carboxylic acids is 1. The molecule has 0 aromatic heterocycles. The van der Waals surface area contributed by atoms with Crippen molar-refractivity contribution in [2.45, 2.75) is 44.6 Å². The van der Waals surface area contributed by atoms with Crippen molar-refractivity contribution in [1.29, 1.82) is 0 Å². The fraction of sp³-hybridized carbons (Fsp3) is 0.500. The maximum Gasteiger partial charge on any atom is 0.305 e. The molecule has 5 nitrogen and oxygen atoms in total. The minimum absolute atomic E-state index is 0.0148. The Bertz CT molecular complexity index is 516. The van der Waals surface area contributed by atoms with Gasteiger partial charge in [-0.15, -0.1) is 0 Å². The Kier molecular flexibility index (Phi) is 5.20. The van der Waals surface area contributed by atoms with Gasteiger partial charge in [-0.25, -0.2) is 0 Å². The van der Waals surface area contributed by atoms with Crippen molar-refractivity contribution in [3.8, 4) is 0 Å². The van der Waals surface area contributed by atoms with E-state index in [9.17, 15) is 9.59 Å². The second kappa shape index (κ2) is 7.11. The fourth-order valence-corrected chi connectivity index (χ4v) is 2.83. The van der Waals surface area contributed by atoms with E-state index in [-0.39, 0.29) is 24.3 Å². The lowest BCUT2D eigenvalue weighted by Gasteiger charge is -2.17. The molecule has 1 aromatic carbocycles. The summed E-state index contributed by atoms with van der Waals surface area (Å²) >= 11 is 0. The van der Waals surface area contributed by atoms with Crippen LogP contribution in [0.4, 0.5) is 5.69 Å². The van der Waals surface area contributed by atoms with Crippen LogP contribution < -0.4 is 10.6 Å². The number of benzene rings is 1. The molecule has 1 aliphatic rings. The molecule has 1 heterocycles. The largest absolute Gasteiger partial charge is 0.481 e. The van der Waals surface area contributed by atoms with Crippen LogP contribution in [0.5, 0.6) is 0 Å². The highest BCUT2D eigenvalue weighted by atomic mass is 16.4. The van der Waals surface area contributed by atoms with E-state index in [0.717, 1.165) is 24.2 Å². The van der Waals surface area contributed by atoms with Crippen molar-refractivity contribution in [1.82, 2.24) is 5.32 Å². The Labute approximate surface area is 124 Å². The van der Waals surface area contributed by atoms with Gasteiger partial charge in [0.15, 0.2) is 0 Å². The predicted octanol–water partition coefficient (Wildman–Crippen LogP) is 2.35. The maximum absolute atomic E-state index is 12.1. The van der Waals surface area contributed by atoms with E-state index in [2.05, 4.69) is 10.6 Å². The zero-order valence-electron chi connectivity index (χ0n) is 12.3. The van der Waals surface area contributed by atoms with Gasteiger partial charge in [-0.2, -0.15) is 0 Å². The average molecular weight is 290 g/mol. The lowest BCUT2D eigenvalue weighted by atomic mass is 9.97. The number of carboxylic acid groups (broad SMARTS) is 1. The molecule has 2 atom stereocenters. The number of amides is 1. The summed E-state index contributed by atoms with van der Waals surface area (Å²) in [7, 11) is 0. The van der Waals surface area contributed by atoms with Crippen LogP contribution in [0.2, 0.25) is 0 Å². The van der Waals surface area contributed by atoms with Crippen LogP contribution >= 0.6 is 0 Å². The van der Waals surface area contributed by atoms with Gasteiger partial charge in [0.1, 0.15) is 0 Å². The van der Waals surface area contributed by atoms with Gasteiger partial charge in [-0.1, -0.05) is 31.5 Å². The van der Waals surface area contributed by atoms with Gasteiger partial charge in [0.25, 0.3) is 0 Å². The topological polar surface area (TPSA) is 78.4 Å². The molecule has 0 aliphatic carbocycles. The Morgan fingerprint density at radius 3 is 2.90 bits per heavy atom. The van der Waals surface area contributed by atoms with Gasteiger partial charge >= 0.3 is 5.97 Å². The van der Waals surface area contributed by atoms with Crippen molar-refractivity contribution < 1.29 is 14.7 Å². The maximum atomic E-state index is 12.1. The first kappa shape index (κ1) is 15.4. The molecule has 1 aliphatic heterocycles.